The number of methoxy groups -OCH3 is 2. The van der Waals surface area contributed by atoms with Gasteiger partial charge in [0.25, 0.3) is 0 Å². The molecule has 0 unspecified atom stereocenters. The third-order valence-corrected chi connectivity index (χ3v) is 3.76. The number of hydrogen-bond acceptors (Lipinski definition) is 4. The molecule has 0 atom stereocenters. The van der Waals surface area contributed by atoms with E-state index in [0.717, 1.165) is 19.3 Å². The van der Waals surface area contributed by atoms with Crippen molar-refractivity contribution in [1.29, 1.82) is 0 Å². The Balaban J connectivity index is 2.42. The molecule has 1 aliphatic carbocycles. The Bertz CT molecular complexity index is 439. The minimum Gasteiger partial charge on any atom is -0.496 e. The topological polar surface area (TPSA) is 55.8 Å². The van der Waals surface area contributed by atoms with Crippen molar-refractivity contribution in [2.75, 3.05) is 14.2 Å². The molecule has 0 bridgehead atoms. The van der Waals surface area contributed by atoms with Crippen molar-refractivity contribution < 1.29 is 19.4 Å². The molecule has 1 fully saturated rings. The van der Waals surface area contributed by atoms with E-state index in [2.05, 4.69) is 0 Å². The van der Waals surface area contributed by atoms with Gasteiger partial charge in [-0.05, 0) is 25.0 Å². The number of carbonyl (C=O) groups is 1. The van der Waals surface area contributed by atoms with E-state index in [1.165, 1.54) is 14.2 Å². The van der Waals surface area contributed by atoms with Crippen LogP contribution in [-0.2, 0) is 0 Å². The van der Waals surface area contributed by atoms with E-state index in [0.29, 0.717) is 29.9 Å². The van der Waals surface area contributed by atoms with Crippen LogP contribution in [0.4, 0.5) is 0 Å². The molecule has 4 heteroatoms. The Labute approximate surface area is 113 Å². The van der Waals surface area contributed by atoms with Crippen molar-refractivity contribution in [2.24, 2.45) is 0 Å². The zero-order valence-corrected chi connectivity index (χ0v) is 11.4. The largest absolute Gasteiger partial charge is 0.496 e. The monoisotopic (exact) mass is 264 g/mol. The van der Waals surface area contributed by atoms with Gasteiger partial charge in [-0.2, -0.15) is 0 Å². The van der Waals surface area contributed by atoms with E-state index in [-0.39, 0.29) is 5.78 Å². The van der Waals surface area contributed by atoms with Gasteiger partial charge in [-0.1, -0.05) is 25.3 Å². The molecular formula is C15H20O4. The van der Waals surface area contributed by atoms with Gasteiger partial charge in [-0.3, -0.25) is 4.79 Å². The van der Waals surface area contributed by atoms with Crippen LogP contribution in [0, 0.1) is 0 Å². The molecule has 0 spiro atoms. The fourth-order valence-electron chi connectivity index (χ4n) is 2.67. The number of rotatable bonds is 4. The van der Waals surface area contributed by atoms with E-state index in [1.807, 2.05) is 0 Å². The van der Waals surface area contributed by atoms with Crippen LogP contribution in [0.15, 0.2) is 18.2 Å². The number of benzene rings is 1. The number of ether oxygens (including phenoxy) is 2. The average Bonchev–Trinajstić information content (AvgIpc) is 2.46. The second-order valence-electron chi connectivity index (χ2n) is 4.96. The molecule has 0 amide bonds. The summed E-state index contributed by atoms with van der Waals surface area (Å²) in [6, 6.07) is 5.18. The minimum absolute atomic E-state index is 0.290. The molecule has 0 heterocycles. The van der Waals surface area contributed by atoms with Gasteiger partial charge in [0.15, 0.2) is 0 Å². The summed E-state index contributed by atoms with van der Waals surface area (Å²) in [5.74, 6) is 0.605. The molecule has 1 aromatic rings. The van der Waals surface area contributed by atoms with Gasteiger partial charge < -0.3 is 14.6 Å². The first-order chi connectivity index (χ1) is 9.12. The number of ketones is 1. The van der Waals surface area contributed by atoms with E-state index in [9.17, 15) is 9.90 Å². The second-order valence-corrected chi connectivity index (χ2v) is 4.96. The van der Waals surface area contributed by atoms with Crippen molar-refractivity contribution in [3.05, 3.63) is 23.8 Å². The third-order valence-electron chi connectivity index (χ3n) is 3.76. The van der Waals surface area contributed by atoms with Crippen LogP contribution >= 0.6 is 0 Å². The molecule has 19 heavy (non-hydrogen) atoms. The Morgan fingerprint density at radius 3 is 2.11 bits per heavy atom. The van der Waals surface area contributed by atoms with Crippen LogP contribution in [0.2, 0.25) is 0 Å². The summed E-state index contributed by atoms with van der Waals surface area (Å²) in [6.45, 7) is 0. The molecule has 1 N–H and O–H groups in total. The highest BCUT2D eigenvalue weighted by atomic mass is 16.5. The summed E-state index contributed by atoms with van der Waals surface area (Å²) in [6.07, 6.45) is 3.83. The molecule has 0 radical (unpaired) electrons. The molecule has 104 valence electrons. The van der Waals surface area contributed by atoms with Crippen LogP contribution < -0.4 is 9.47 Å². The standard InChI is InChI=1S/C15H20O4/c1-18-11-7-6-8-12(19-2)13(11)14(16)15(17)9-4-3-5-10-15/h6-8,17H,3-5,9-10H2,1-2H3. The maximum atomic E-state index is 12.7. The summed E-state index contributed by atoms with van der Waals surface area (Å²) in [4.78, 5) is 12.7. The summed E-state index contributed by atoms with van der Waals surface area (Å²) in [5, 5.41) is 10.6. The molecule has 0 saturated heterocycles. The second kappa shape index (κ2) is 5.61. The lowest BCUT2D eigenvalue weighted by atomic mass is 9.79. The highest BCUT2D eigenvalue weighted by Crippen LogP contribution is 2.37. The minimum atomic E-state index is -1.28. The highest BCUT2D eigenvalue weighted by molar-refractivity contribution is 6.06. The van der Waals surface area contributed by atoms with Crippen LogP contribution in [0.1, 0.15) is 42.5 Å². The number of Topliss-reactive ketones (excluding diaryl/α,β-unsaturated/α-hetero) is 1. The normalized spacial score (nSPS) is 17.8. The Kier molecular flexibility index (Phi) is 4.10. The van der Waals surface area contributed by atoms with Crippen LogP contribution in [0.3, 0.4) is 0 Å². The van der Waals surface area contributed by atoms with Crippen LogP contribution in [-0.4, -0.2) is 30.7 Å². The molecule has 1 aromatic carbocycles. The van der Waals surface area contributed by atoms with Crippen molar-refractivity contribution in [2.45, 2.75) is 37.7 Å². The van der Waals surface area contributed by atoms with Gasteiger partial charge >= 0.3 is 0 Å². The van der Waals surface area contributed by atoms with E-state index in [4.69, 9.17) is 9.47 Å². The number of hydrogen-bond donors (Lipinski definition) is 1. The van der Waals surface area contributed by atoms with Crippen molar-refractivity contribution >= 4 is 5.78 Å². The molecule has 0 aliphatic heterocycles. The van der Waals surface area contributed by atoms with E-state index >= 15 is 0 Å². The van der Waals surface area contributed by atoms with E-state index < -0.39 is 5.60 Å². The summed E-state index contributed by atoms with van der Waals surface area (Å²) >= 11 is 0. The Hall–Kier alpha value is -1.55. The quantitative estimate of drug-likeness (QED) is 0.849. The molecule has 4 nitrogen and oxygen atoms in total. The first kappa shape index (κ1) is 13.9. The number of carbonyl (C=O) groups excluding carboxylic acids is 1. The van der Waals surface area contributed by atoms with Crippen LogP contribution in [0.25, 0.3) is 0 Å². The van der Waals surface area contributed by atoms with E-state index in [1.54, 1.807) is 18.2 Å². The fourth-order valence-corrected chi connectivity index (χ4v) is 2.67. The Morgan fingerprint density at radius 2 is 1.63 bits per heavy atom. The highest BCUT2D eigenvalue weighted by Gasteiger charge is 2.40. The lowest BCUT2D eigenvalue weighted by Gasteiger charge is -2.31. The summed E-state index contributed by atoms with van der Waals surface area (Å²) < 4.78 is 10.5. The lowest BCUT2D eigenvalue weighted by molar-refractivity contribution is 0.0111. The van der Waals surface area contributed by atoms with Gasteiger partial charge in [-0.25, -0.2) is 0 Å². The Morgan fingerprint density at radius 1 is 1.11 bits per heavy atom. The lowest BCUT2D eigenvalue weighted by Crippen LogP contribution is -2.40. The zero-order valence-electron chi connectivity index (χ0n) is 11.4. The third kappa shape index (κ3) is 2.59. The number of aliphatic hydroxyl groups is 1. The zero-order chi connectivity index (χ0) is 13.9. The molecule has 2 rings (SSSR count). The van der Waals surface area contributed by atoms with Gasteiger partial charge in [0.1, 0.15) is 22.7 Å². The summed E-state index contributed by atoms with van der Waals surface area (Å²) in [5.41, 5.74) is -0.933. The predicted molar refractivity (Wildman–Crippen MR) is 71.9 cm³/mol. The fraction of sp³-hybridized carbons (Fsp3) is 0.533. The van der Waals surface area contributed by atoms with Gasteiger partial charge in [-0.15, -0.1) is 0 Å². The molecule has 1 aliphatic rings. The maximum absolute atomic E-state index is 12.7. The maximum Gasteiger partial charge on any atom is 0.201 e. The van der Waals surface area contributed by atoms with Crippen molar-refractivity contribution in [1.82, 2.24) is 0 Å². The molecule has 0 aromatic heterocycles. The average molecular weight is 264 g/mol. The van der Waals surface area contributed by atoms with Crippen molar-refractivity contribution in [3.8, 4) is 11.5 Å². The summed E-state index contributed by atoms with van der Waals surface area (Å²) in [7, 11) is 3.02. The van der Waals surface area contributed by atoms with Gasteiger partial charge in [0.2, 0.25) is 5.78 Å². The molecular weight excluding hydrogens is 244 g/mol. The van der Waals surface area contributed by atoms with Crippen LogP contribution in [0.5, 0.6) is 11.5 Å². The first-order valence-electron chi connectivity index (χ1n) is 6.60. The molecule has 1 saturated carbocycles. The van der Waals surface area contributed by atoms with Gasteiger partial charge in [0, 0.05) is 0 Å². The first-order valence-corrected chi connectivity index (χ1v) is 6.60. The SMILES string of the molecule is COc1cccc(OC)c1C(=O)C1(O)CCCCC1. The predicted octanol–water partition coefficient (Wildman–Crippen LogP) is 2.58. The van der Waals surface area contributed by atoms with Crippen molar-refractivity contribution in [3.63, 3.8) is 0 Å². The smallest absolute Gasteiger partial charge is 0.201 e. The van der Waals surface area contributed by atoms with Gasteiger partial charge in [0.05, 0.1) is 14.2 Å².